The number of ether oxygens (including phenoxy) is 1. The second-order valence-electron chi connectivity index (χ2n) is 9.01. The van der Waals surface area contributed by atoms with E-state index in [1.54, 1.807) is 43.5 Å². The van der Waals surface area contributed by atoms with E-state index in [2.05, 4.69) is 28.5 Å². The van der Waals surface area contributed by atoms with Crippen LogP contribution in [0.25, 0.3) is 44.6 Å². The fraction of sp³-hybridized carbons (Fsp3) is 0.0303. The lowest BCUT2D eigenvalue weighted by atomic mass is 9.97. The number of benzene rings is 5. The lowest BCUT2D eigenvalue weighted by Gasteiger charge is -2.09. The van der Waals surface area contributed by atoms with Gasteiger partial charge in [0.2, 0.25) is 11.8 Å². The number of methoxy groups -OCH3 is 1. The standard InChI is InChI=1S/C33H24N2O4/c1-38-25-14-7-13-24(19-25)30-33(35-31(37)22-10-3-2-4-11-22)39-32(34-30)28-18-17-23(20-29(28)36)27-16-8-12-21-9-5-6-15-26(21)27/h2-20,36H,1H3,(H,35,37). The summed E-state index contributed by atoms with van der Waals surface area (Å²) in [6.07, 6.45) is 0. The highest BCUT2D eigenvalue weighted by Crippen LogP contribution is 2.39. The van der Waals surface area contributed by atoms with Crippen LogP contribution in [0.15, 0.2) is 120 Å². The number of oxazole rings is 1. The fourth-order valence-corrected chi connectivity index (χ4v) is 4.61. The van der Waals surface area contributed by atoms with Crippen LogP contribution >= 0.6 is 0 Å². The number of rotatable bonds is 6. The van der Waals surface area contributed by atoms with Crippen LogP contribution in [0, 0.1) is 0 Å². The molecular formula is C33H24N2O4. The van der Waals surface area contributed by atoms with E-state index in [1.807, 2.05) is 60.7 Å². The molecule has 6 aromatic rings. The molecule has 0 aliphatic carbocycles. The number of carbonyl (C=O) groups excluding carboxylic acids is 1. The normalized spacial score (nSPS) is 10.9. The molecule has 2 N–H and O–H groups in total. The van der Waals surface area contributed by atoms with Crippen molar-refractivity contribution in [1.82, 2.24) is 4.98 Å². The Morgan fingerprint density at radius 1 is 0.795 bits per heavy atom. The van der Waals surface area contributed by atoms with Gasteiger partial charge in [0.05, 0.1) is 12.7 Å². The Morgan fingerprint density at radius 3 is 2.38 bits per heavy atom. The van der Waals surface area contributed by atoms with E-state index in [-0.39, 0.29) is 23.4 Å². The number of fused-ring (bicyclic) bond motifs is 1. The Kier molecular flexibility index (Phi) is 6.27. The number of carbonyl (C=O) groups is 1. The molecule has 0 atom stereocenters. The number of phenols is 1. The van der Waals surface area contributed by atoms with Crippen molar-refractivity contribution >= 4 is 22.6 Å². The molecule has 1 aromatic heterocycles. The maximum atomic E-state index is 13.0. The summed E-state index contributed by atoms with van der Waals surface area (Å²) in [5, 5.41) is 16.1. The van der Waals surface area contributed by atoms with Crippen molar-refractivity contribution in [2.45, 2.75) is 0 Å². The average Bonchev–Trinajstić information content (AvgIpc) is 3.40. The van der Waals surface area contributed by atoms with E-state index in [0.717, 1.165) is 21.9 Å². The number of anilines is 1. The summed E-state index contributed by atoms with van der Waals surface area (Å²) in [4.78, 5) is 17.7. The minimum absolute atomic E-state index is 0.0137. The molecule has 0 aliphatic heterocycles. The number of nitrogens with zero attached hydrogens (tertiary/aromatic N) is 1. The molecule has 190 valence electrons. The fourth-order valence-electron chi connectivity index (χ4n) is 4.61. The minimum atomic E-state index is -0.335. The number of phenolic OH excluding ortho intramolecular Hbond substituents is 1. The van der Waals surface area contributed by atoms with Crippen molar-refractivity contribution in [3.05, 3.63) is 121 Å². The average molecular weight is 513 g/mol. The third-order valence-corrected chi connectivity index (χ3v) is 6.56. The third kappa shape index (κ3) is 4.71. The van der Waals surface area contributed by atoms with Gasteiger partial charge in [-0.3, -0.25) is 10.1 Å². The number of nitrogens with one attached hydrogen (secondary N) is 1. The molecule has 0 fully saturated rings. The van der Waals surface area contributed by atoms with Crippen molar-refractivity contribution in [2.24, 2.45) is 0 Å². The van der Waals surface area contributed by atoms with Gasteiger partial charge in [0, 0.05) is 11.1 Å². The molecule has 0 aliphatic rings. The second kappa shape index (κ2) is 10.2. The molecule has 1 heterocycles. The van der Waals surface area contributed by atoms with Gasteiger partial charge in [-0.2, -0.15) is 0 Å². The first-order chi connectivity index (χ1) is 19.1. The number of hydrogen-bond acceptors (Lipinski definition) is 5. The zero-order valence-electron chi connectivity index (χ0n) is 21.1. The summed E-state index contributed by atoms with van der Waals surface area (Å²) in [7, 11) is 1.58. The molecule has 1 amide bonds. The maximum absolute atomic E-state index is 13.0. The summed E-state index contributed by atoms with van der Waals surface area (Å²) in [6.45, 7) is 0. The molecule has 6 rings (SSSR count). The lowest BCUT2D eigenvalue weighted by molar-refractivity contribution is 0.102. The molecule has 0 unspecified atom stereocenters. The van der Waals surface area contributed by atoms with Crippen molar-refractivity contribution < 1.29 is 19.1 Å². The first-order valence-corrected chi connectivity index (χ1v) is 12.4. The van der Waals surface area contributed by atoms with Gasteiger partial charge in [-0.25, -0.2) is 4.98 Å². The molecule has 0 saturated carbocycles. The van der Waals surface area contributed by atoms with E-state index in [1.165, 1.54) is 0 Å². The Balaban J connectivity index is 1.42. The molecule has 6 heteroatoms. The van der Waals surface area contributed by atoms with Crippen LogP contribution < -0.4 is 10.1 Å². The minimum Gasteiger partial charge on any atom is -0.507 e. The highest BCUT2D eigenvalue weighted by molar-refractivity contribution is 6.05. The molecule has 0 saturated heterocycles. The van der Waals surface area contributed by atoms with Crippen molar-refractivity contribution in [1.29, 1.82) is 0 Å². The van der Waals surface area contributed by atoms with E-state index < -0.39 is 0 Å². The van der Waals surface area contributed by atoms with Gasteiger partial charge in [-0.1, -0.05) is 78.9 Å². The number of aromatic hydroxyl groups is 1. The number of amides is 1. The second-order valence-corrected chi connectivity index (χ2v) is 9.01. The molecule has 5 aromatic carbocycles. The molecule has 0 radical (unpaired) electrons. The van der Waals surface area contributed by atoms with Crippen LogP contribution in [0.5, 0.6) is 11.5 Å². The van der Waals surface area contributed by atoms with Gasteiger partial charge in [0.25, 0.3) is 5.91 Å². The van der Waals surface area contributed by atoms with Crippen molar-refractivity contribution in [2.75, 3.05) is 12.4 Å². The topological polar surface area (TPSA) is 84.6 Å². The van der Waals surface area contributed by atoms with Gasteiger partial charge in [0.1, 0.15) is 17.2 Å². The van der Waals surface area contributed by atoms with Gasteiger partial charge < -0.3 is 14.3 Å². The molecular weight excluding hydrogens is 488 g/mol. The summed E-state index contributed by atoms with van der Waals surface area (Å²) < 4.78 is 11.5. The van der Waals surface area contributed by atoms with Crippen LogP contribution in [0.2, 0.25) is 0 Å². The zero-order chi connectivity index (χ0) is 26.8. The third-order valence-electron chi connectivity index (χ3n) is 6.56. The van der Waals surface area contributed by atoms with Crippen LogP contribution in [0.3, 0.4) is 0 Å². The Hall–Kier alpha value is -5.36. The van der Waals surface area contributed by atoms with E-state index in [4.69, 9.17) is 9.15 Å². The smallest absolute Gasteiger partial charge is 0.258 e. The molecule has 0 spiro atoms. The van der Waals surface area contributed by atoms with Crippen LogP contribution in [0.1, 0.15) is 10.4 Å². The van der Waals surface area contributed by atoms with Crippen molar-refractivity contribution in [3.63, 3.8) is 0 Å². The van der Waals surface area contributed by atoms with Crippen LogP contribution in [-0.2, 0) is 0 Å². The predicted octanol–water partition coefficient (Wildman–Crippen LogP) is 7.80. The molecule has 6 nitrogen and oxygen atoms in total. The summed E-state index contributed by atoms with van der Waals surface area (Å²) >= 11 is 0. The van der Waals surface area contributed by atoms with Gasteiger partial charge >= 0.3 is 0 Å². The zero-order valence-corrected chi connectivity index (χ0v) is 21.1. The van der Waals surface area contributed by atoms with Gasteiger partial charge in [0.15, 0.2) is 0 Å². The SMILES string of the molecule is COc1cccc(-c2nc(-c3ccc(-c4cccc5ccccc45)cc3O)oc2NC(=O)c2ccccc2)c1. The lowest BCUT2D eigenvalue weighted by Crippen LogP contribution is -2.11. The molecule has 39 heavy (non-hydrogen) atoms. The summed E-state index contributed by atoms with van der Waals surface area (Å²) in [5.74, 6) is 0.667. The summed E-state index contributed by atoms with van der Waals surface area (Å²) in [6, 6.07) is 35.8. The molecule has 0 bridgehead atoms. The van der Waals surface area contributed by atoms with E-state index in [0.29, 0.717) is 28.1 Å². The van der Waals surface area contributed by atoms with Crippen molar-refractivity contribution in [3.8, 4) is 45.3 Å². The number of aromatic nitrogens is 1. The van der Waals surface area contributed by atoms with E-state index >= 15 is 0 Å². The first-order valence-electron chi connectivity index (χ1n) is 12.4. The van der Waals surface area contributed by atoms with Gasteiger partial charge in [-0.15, -0.1) is 0 Å². The monoisotopic (exact) mass is 512 g/mol. The first kappa shape index (κ1) is 24.0. The Labute approximate surface area is 225 Å². The Morgan fingerprint density at radius 2 is 1.56 bits per heavy atom. The predicted molar refractivity (Wildman–Crippen MR) is 153 cm³/mol. The highest BCUT2D eigenvalue weighted by Gasteiger charge is 2.21. The van der Waals surface area contributed by atoms with Crippen LogP contribution in [0.4, 0.5) is 5.88 Å². The largest absolute Gasteiger partial charge is 0.507 e. The van der Waals surface area contributed by atoms with Crippen LogP contribution in [-0.4, -0.2) is 23.1 Å². The number of hydrogen-bond donors (Lipinski definition) is 2. The quantitative estimate of drug-likeness (QED) is 0.238. The highest BCUT2D eigenvalue weighted by atomic mass is 16.5. The van der Waals surface area contributed by atoms with E-state index in [9.17, 15) is 9.90 Å². The van der Waals surface area contributed by atoms with Gasteiger partial charge in [-0.05, 0) is 58.3 Å². The maximum Gasteiger partial charge on any atom is 0.258 e. The summed E-state index contributed by atoms with van der Waals surface area (Å²) in [5.41, 5.74) is 3.88. The Bertz CT molecular complexity index is 1800.